The predicted molar refractivity (Wildman–Crippen MR) is 114 cm³/mol. The lowest BCUT2D eigenvalue weighted by atomic mass is 10.1. The first kappa shape index (κ1) is 20.8. The van der Waals surface area contributed by atoms with E-state index in [0.717, 1.165) is 11.1 Å². The summed E-state index contributed by atoms with van der Waals surface area (Å²) in [5.41, 5.74) is 2.90. The SMILES string of the molecule is Cc1cc(Cl)ccc1CS(=O)(=O)c1ccc(NC(=O)NCc2cccnc2)cc1. The number of amides is 2. The van der Waals surface area contributed by atoms with Crippen molar-refractivity contribution in [1.29, 1.82) is 0 Å². The number of sulfone groups is 1. The number of hydrogen-bond acceptors (Lipinski definition) is 4. The van der Waals surface area contributed by atoms with E-state index in [-0.39, 0.29) is 16.7 Å². The molecule has 1 aromatic heterocycles. The molecule has 0 saturated carbocycles. The molecule has 0 saturated heterocycles. The molecule has 2 aromatic carbocycles. The summed E-state index contributed by atoms with van der Waals surface area (Å²) < 4.78 is 25.4. The van der Waals surface area contributed by atoms with Crippen molar-refractivity contribution in [3.63, 3.8) is 0 Å². The minimum absolute atomic E-state index is 0.117. The normalized spacial score (nSPS) is 11.1. The molecule has 3 aromatic rings. The van der Waals surface area contributed by atoms with Crippen LogP contribution in [0.1, 0.15) is 16.7 Å². The molecule has 0 unspecified atom stereocenters. The predicted octanol–water partition coefficient (Wildman–Crippen LogP) is 4.34. The van der Waals surface area contributed by atoms with Gasteiger partial charge in [0.05, 0.1) is 10.6 Å². The van der Waals surface area contributed by atoms with Gasteiger partial charge in [0, 0.05) is 29.6 Å². The number of nitrogens with zero attached hydrogens (tertiary/aromatic N) is 1. The molecular formula is C21H20ClN3O3S. The second-order valence-corrected chi connectivity index (χ2v) is 8.95. The maximum absolute atomic E-state index is 12.7. The largest absolute Gasteiger partial charge is 0.334 e. The molecule has 2 N–H and O–H groups in total. The molecule has 0 aliphatic carbocycles. The van der Waals surface area contributed by atoms with Crippen LogP contribution in [0.15, 0.2) is 71.9 Å². The first-order valence-electron chi connectivity index (χ1n) is 8.85. The monoisotopic (exact) mass is 429 g/mol. The van der Waals surface area contributed by atoms with Gasteiger partial charge in [0.25, 0.3) is 0 Å². The molecule has 3 rings (SSSR count). The fourth-order valence-electron chi connectivity index (χ4n) is 2.72. The highest BCUT2D eigenvalue weighted by Gasteiger charge is 2.17. The lowest BCUT2D eigenvalue weighted by Gasteiger charge is -2.10. The van der Waals surface area contributed by atoms with Gasteiger partial charge in [0.1, 0.15) is 0 Å². The van der Waals surface area contributed by atoms with E-state index in [1.807, 2.05) is 13.0 Å². The molecule has 0 aliphatic heterocycles. The average Bonchev–Trinajstić information content (AvgIpc) is 2.70. The van der Waals surface area contributed by atoms with Gasteiger partial charge < -0.3 is 10.6 Å². The Balaban J connectivity index is 1.62. The molecule has 0 spiro atoms. The number of carbonyl (C=O) groups is 1. The Bertz CT molecular complexity index is 1100. The first-order valence-corrected chi connectivity index (χ1v) is 10.9. The third-order valence-electron chi connectivity index (χ3n) is 4.30. The number of pyridine rings is 1. The molecular weight excluding hydrogens is 410 g/mol. The second kappa shape index (κ2) is 9.07. The minimum Gasteiger partial charge on any atom is -0.334 e. The zero-order chi connectivity index (χ0) is 20.9. The van der Waals surface area contributed by atoms with E-state index in [0.29, 0.717) is 22.8 Å². The maximum atomic E-state index is 12.7. The van der Waals surface area contributed by atoms with Crippen molar-refractivity contribution in [2.45, 2.75) is 24.1 Å². The van der Waals surface area contributed by atoms with Crippen molar-refractivity contribution in [2.75, 3.05) is 5.32 Å². The highest BCUT2D eigenvalue weighted by atomic mass is 35.5. The number of halogens is 1. The van der Waals surface area contributed by atoms with Crippen molar-refractivity contribution in [3.8, 4) is 0 Å². The van der Waals surface area contributed by atoms with Gasteiger partial charge in [0.15, 0.2) is 9.84 Å². The number of carbonyl (C=O) groups excluding carboxylic acids is 1. The van der Waals surface area contributed by atoms with Crippen LogP contribution in [-0.4, -0.2) is 19.4 Å². The third kappa shape index (κ3) is 5.79. The van der Waals surface area contributed by atoms with E-state index in [1.165, 1.54) is 12.1 Å². The molecule has 150 valence electrons. The number of anilines is 1. The summed E-state index contributed by atoms with van der Waals surface area (Å²) in [7, 11) is -3.52. The molecule has 0 aliphatic rings. The van der Waals surface area contributed by atoms with E-state index in [9.17, 15) is 13.2 Å². The van der Waals surface area contributed by atoms with Crippen molar-refractivity contribution < 1.29 is 13.2 Å². The fourth-order valence-corrected chi connectivity index (χ4v) is 4.39. The molecule has 2 amide bonds. The van der Waals surface area contributed by atoms with Gasteiger partial charge in [-0.1, -0.05) is 23.7 Å². The molecule has 8 heteroatoms. The maximum Gasteiger partial charge on any atom is 0.319 e. The Morgan fingerprint density at radius 2 is 1.86 bits per heavy atom. The van der Waals surface area contributed by atoms with Gasteiger partial charge in [-0.05, 0) is 66.1 Å². The number of rotatable bonds is 6. The average molecular weight is 430 g/mol. The quantitative estimate of drug-likeness (QED) is 0.610. The Kier molecular flexibility index (Phi) is 6.51. The van der Waals surface area contributed by atoms with Crippen LogP contribution >= 0.6 is 11.6 Å². The number of benzene rings is 2. The van der Waals surface area contributed by atoms with E-state index in [4.69, 9.17) is 11.6 Å². The van der Waals surface area contributed by atoms with Gasteiger partial charge in [-0.25, -0.2) is 13.2 Å². The highest BCUT2D eigenvalue weighted by molar-refractivity contribution is 7.90. The van der Waals surface area contributed by atoms with Crippen LogP contribution in [0.5, 0.6) is 0 Å². The molecule has 0 fully saturated rings. The molecule has 6 nitrogen and oxygen atoms in total. The van der Waals surface area contributed by atoms with Crippen LogP contribution in [0.3, 0.4) is 0 Å². The van der Waals surface area contributed by atoms with Gasteiger partial charge in [0.2, 0.25) is 0 Å². The van der Waals surface area contributed by atoms with Crippen molar-refractivity contribution >= 4 is 33.2 Å². The zero-order valence-electron chi connectivity index (χ0n) is 15.7. The van der Waals surface area contributed by atoms with Crippen molar-refractivity contribution in [3.05, 3.63) is 88.7 Å². The Morgan fingerprint density at radius 3 is 2.52 bits per heavy atom. The minimum atomic E-state index is -3.52. The molecule has 29 heavy (non-hydrogen) atoms. The van der Waals surface area contributed by atoms with Crippen LogP contribution in [0, 0.1) is 6.92 Å². The standard InChI is InChI=1S/C21H20ClN3O3S/c1-15-11-18(22)5-4-17(15)14-29(27,28)20-8-6-19(7-9-20)25-21(26)24-13-16-3-2-10-23-12-16/h2-12H,13-14H2,1H3,(H2,24,25,26). The van der Waals surface area contributed by atoms with Gasteiger partial charge in [-0.3, -0.25) is 4.98 Å². The van der Waals surface area contributed by atoms with E-state index in [1.54, 1.807) is 48.8 Å². The Hall–Kier alpha value is -2.90. The molecule has 1 heterocycles. The third-order valence-corrected chi connectivity index (χ3v) is 6.21. The fraction of sp³-hybridized carbons (Fsp3) is 0.143. The van der Waals surface area contributed by atoms with Crippen LogP contribution < -0.4 is 10.6 Å². The summed E-state index contributed by atoms with van der Waals surface area (Å²) in [6.45, 7) is 2.17. The second-order valence-electron chi connectivity index (χ2n) is 6.52. The smallest absolute Gasteiger partial charge is 0.319 e. The van der Waals surface area contributed by atoms with Crippen molar-refractivity contribution in [1.82, 2.24) is 10.3 Å². The van der Waals surface area contributed by atoms with E-state index >= 15 is 0 Å². The van der Waals surface area contributed by atoms with E-state index < -0.39 is 9.84 Å². The summed E-state index contributed by atoms with van der Waals surface area (Å²) in [6.07, 6.45) is 3.33. The van der Waals surface area contributed by atoms with Crippen LogP contribution in [-0.2, 0) is 22.1 Å². The zero-order valence-corrected chi connectivity index (χ0v) is 17.3. The van der Waals surface area contributed by atoms with E-state index in [2.05, 4.69) is 15.6 Å². The number of aryl methyl sites for hydroxylation is 1. The Labute approximate surface area is 174 Å². The number of aromatic nitrogens is 1. The van der Waals surface area contributed by atoms with Crippen LogP contribution in [0.25, 0.3) is 0 Å². The molecule has 0 radical (unpaired) electrons. The Morgan fingerprint density at radius 1 is 1.10 bits per heavy atom. The van der Waals surface area contributed by atoms with Gasteiger partial charge in [-0.2, -0.15) is 0 Å². The summed E-state index contributed by atoms with van der Waals surface area (Å²) in [5.74, 6) is -0.117. The molecule has 0 atom stereocenters. The number of hydrogen-bond donors (Lipinski definition) is 2. The first-order chi connectivity index (χ1) is 13.8. The van der Waals surface area contributed by atoms with Gasteiger partial charge in [-0.15, -0.1) is 0 Å². The van der Waals surface area contributed by atoms with Gasteiger partial charge >= 0.3 is 6.03 Å². The topological polar surface area (TPSA) is 88.2 Å². The lowest BCUT2D eigenvalue weighted by Crippen LogP contribution is -2.28. The highest BCUT2D eigenvalue weighted by Crippen LogP contribution is 2.22. The summed E-state index contributed by atoms with van der Waals surface area (Å²) >= 11 is 5.93. The summed E-state index contributed by atoms with van der Waals surface area (Å²) in [6, 6.07) is 14.5. The van der Waals surface area contributed by atoms with Crippen LogP contribution in [0.4, 0.5) is 10.5 Å². The lowest BCUT2D eigenvalue weighted by molar-refractivity contribution is 0.251. The summed E-state index contributed by atoms with van der Waals surface area (Å²) in [5, 5.41) is 5.96. The number of nitrogens with one attached hydrogen (secondary N) is 2. The van der Waals surface area contributed by atoms with Crippen LogP contribution in [0.2, 0.25) is 5.02 Å². The number of urea groups is 1. The van der Waals surface area contributed by atoms with Crippen molar-refractivity contribution in [2.24, 2.45) is 0 Å². The molecule has 0 bridgehead atoms. The summed E-state index contributed by atoms with van der Waals surface area (Å²) in [4.78, 5) is 16.2.